The minimum Gasteiger partial charge on any atom is -0.394 e. The van der Waals surface area contributed by atoms with Crippen LogP contribution in [0.5, 0.6) is 0 Å². The average Bonchev–Trinajstić information content (AvgIpc) is 3.02. The van der Waals surface area contributed by atoms with E-state index in [1.807, 2.05) is 6.92 Å². The summed E-state index contributed by atoms with van der Waals surface area (Å²) < 4.78 is 37.3. The molecule has 0 bridgehead atoms. The molecule has 0 radical (unpaired) electrons. The summed E-state index contributed by atoms with van der Waals surface area (Å²) in [7, 11) is 0. The van der Waals surface area contributed by atoms with Gasteiger partial charge in [-0.05, 0) is 31.9 Å². The molecule has 0 heterocycles. The molecule has 1 aromatic carbocycles. The normalized spacial score (nSPS) is 22.7. The second-order valence-electron chi connectivity index (χ2n) is 5.95. The van der Waals surface area contributed by atoms with Crippen molar-refractivity contribution in [2.45, 2.75) is 37.2 Å². The van der Waals surface area contributed by atoms with Crippen molar-refractivity contribution < 1.29 is 18.0 Å². The van der Waals surface area contributed by atoms with Crippen LogP contribution in [0, 0.1) is 5.41 Å². The highest BCUT2D eigenvalue weighted by Gasteiger charge is 2.67. The number of hydrogen-bond acceptors (Lipinski definition) is 3. The van der Waals surface area contributed by atoms with Crippen molar-refractivity contribution in [2.24, 2.45) is 20.8 Å². The van der Waals surface area contributed by atoms with Gasteiger partial charge in [-0.1, -0.05) is 35.3 Å². The Morgan fingerprint density at radius 1 is 1.23 bits per heavy atom. The molecule has 0 aliphatic heterocycles. The summed E-state index contributed by atoms with van der Waals surface area (Å²) in [6, 6.07) is 1.44. The number of oxime groups is 1. The van der Waals surface area contributed by atoms with Crippen LogP contribution < -0.4 is 0 Å². The first kappa shape index (κ1) is 21.5. The Bertz CT molecular complexity index is 729. The van der Waals surface area contributed by atoms with Crippen LogP contribution in [0.3, 0.4) is 0 Å². The van der Waals surface area contributed by atoms with Gasteiger partial charge in [0.25, 0.3) is 0 Å². The lowest BCUT2D eigenvalue weighted by Gasteiger charge is -2.11. The SMILES string of the molecule is CCCON=C(N=Nc1c(Cl)cc(C(F)(F)F)cc1Cl)C1(C)CC1(Cl)Cl. The molecule has 0 spiro atoms. The zero-order valence-electron chi connectivity index (χ0n) is 13.7. The Morgan fingerprint density at radius 3 is 2.19 bits per heavy atom. The lowest BCUT2D eigenvalue weighted by atomic mass is 10.1. The zero-order chi connectivity index (χ0) is 19.8. The Morgan fingerprint density at radius 2 is 1.77 bits per heavy atom. The standard InChI is InChI=1S/C15H14Cl4F3N3O/c1-3-4-26-25-12(13(2)7-14(13,18)19)24-23-11-9(16)5-8(6-10(11)17)15(20,21)22/h5-6H,3-4,7H2,1-2H3. The van der Waals surface area contributed by atoms with Crippen LogP contribution in [-0.4, -0.2) is 16.8 Å². The van der Waals surface area contributed by atoms with Crippen molar-refractivity contribution in [2.75, 3.05) is 6.61 Å². The monoisotopic (exact) mass is 449 g/mol. The number of halogens is 7. The second-order valence-corrected chi connectivity index (χ2v) is 8.25. The highest BCUT2D eigenvalue weighted by atomic mass is 35.5. The van der Waals surface area contributed by atoms with E-state index < -0.39 is 21.5 Å². The third kappa shape index (κ3) is 4.55. The highest BCUT2D eigenvalue weighted by molar-refractivity contribution is 6.53. The number of azo groups is 1. The van der Waals surface area contributed by atoms with Gasteiger partial charge in [0.05, 0.1) is 21.0 Å². The van der Waals surface area contributed by atoms with Crippen LogP contribution in [0.1, 0.15) is 32.3 Å². The maximum Gasteiger partial charge on any atom is 0.416 e. The van der Waals surface area contributed by atoms with E-state index in [1.54, 1.807) is 6.92 Å². The van der Waals surface area contributed by atoms with Gasteiger partial charge in [0, 0.05) is 0 Å². The van der Waals surface area contributed by atoms with E-state index in [2.05, 4.69) is 15.4 Å². The minimum absolute atomic E-state index is 0.1000. The van der Waals surface area contributed by atoms with Gasteiger partial charge >= 0.3 is 6.18 Å². The third-order valence-corrected chi connectivity index (χ3v) is 5.46. The molecule has 0 aromatic heterocycles. The quantitative estimate of drug-likeness (QED) is 0.115. The van der Waals surface area contributed by atoms with Crippen LogP contribution in [0.25, 0.3) is 0 Å². The molecule has 1 fully saturated rings. The third-order valence-electron chi connectivity index (χ3n) is 3.79. The van der Waals surface area contributed by atoms with E-state index in [0.717, 1.165) is 12.1 Å². The summed E-state index contributed by atoms with van der Waals surface area (Å²) in [6.07, 6.45) is -3.50. The molecule has 1 unspecified atom stereocenters. The van der Waals surface area contributed by atoms with E-state index in [0.29, 0.717) is 19.4 Å². The molecule has 1 aromatic rings. The largest absolute Gasteiger partial charge is 0.416 e. The molecule has 0 N–H and O–H groups in total. The number of benzene rings is 1. The smallest absolute Gasteiger partial charge is 0.394 e. The van der Waals surface area contributed by atoms with Crippen LogP contribution in [-0.2, 0) is 11.0 Å². The van der Waals surface area contributed by atoms with Crippen LogP contribution in [0.4, 0.5) is 18.9 Å². The fourth-order valence-corrected chi connectivity index (χ4v) is 3.26. The molecular formula is C15H14Cl4F3N3O. The molecule has 4 nitrogen and oxygen atoms in total. The fourth-order valence-electron chi connectivity index (χ4n) is 1.99. The van der Waals surface area contributed by atoms with Gasteiger partial charge in [-0.25, -0.2) is 0 Å². The Labute approximate surface area is 168 Å². The molecule has 0 amide bonds. The van der Waals surface area contributed by atoms with Crippen molar-refractivity contribution >= 4 is 57.9 Å². The van der Waals surface area contributed by atoms with Crippen molar-refractivity contribution in [1.29, 1.82) is 0 Å². The molecular weight excluding hydrogens is 437 g/mol. The Kier molecular flexibility index (Phi) is 6.38. The number of nitrogens with zero attached hydrogens (tertiary/aromatic N) is 3. The van der Waals surface area contributed by atoms with Gasteiger partial charge < -0.3 is 4.84 Å². The van der Waals surface area contributed by atoms with E-state index in [1.165, 1.54) is 0 Å². The highest BCUT2D eigenvalue weighted by Crippen LogP contribution is 2.64. The average molecular weight is 451 g/mol. The maximum absolute atomic E-state index is 12.8. The van der Waals surface area contributed by atoms with E-state index in [9.17, 15) is 13.2 Å². The first-order valence-electron chi connectivity index (χ1n) is 7.48. The van der Waals surface area contributed by atoms with Gasteiger partial charge in [0.2, 0.25) is 0 Å². The predicted molar refractivity (Wildman–Crippen MR) is 96.8 cm³/mol. The first-order valence-corrected chi connectivity index (χ1v) is 9.00. The van der Waals surface area contributed by atoms with Gasteiger partial charge in [-0.3, -0.25) is 0 Å². The Balaban J connectivity index is 2.35. The zero-order valence-corrected chi connectivity index (χ0v) is 16.7. The van der Waals surface area contributed by atoms with Crippen LogP contribution >= 0.6 is 46.4 Å². The van der Waals surface area contributed by atoms with Crippen molar-refractivity contribution in [3.63, 3.8) is 0 Å². The molecule has 11 heteroatoms. The van der Waals surface area contributed by atoms with Crippen molar-refractivity contribution in [1.82, 2.24) is 0 Å². The van der Waals surface area contributed by atoms with Gasteiger partial charge in [0.1, 0.15) is 16.6 Å². The van der Waals surface area contributed by atoms with Gasteiger partial charge in [-0.15, -0.1) is 33.4 Å². The summed E-state index contributed by atoms with van der Waals surface area (Å²) >= 11 is 24.0. The number of alkyl halides is 5. The molecule has 1 aliphatic rings. The lowest BCUT2D eigenvalue weighted by Crippen LogP contribution is -2.16. The molecule has 1 aliphatic carbocycles. The van der Waals surface area contributed by atoms with E-state index >= 15 is 0 Å². The van der Waals surface area contributed by atoms with Gasteiger partial charge in [-0.2, -0.15) is 13.2 Å². The van der Waals surface area contributed by atoms with Crippen molar-refractivity contribution in [3.8, 4) is 0 Å². The lowest BCUT2D eigenvalue weighted by molar-refractivity contribution is -0.137. The molecule has 0 saturated heterocycles. The predicted octanol–water partition coefficient (Wildman–Crippen LogP) is 7.42. The Hall–Kier alpha value is -0.760. The molecule has 26 heavy (non-hydrogen) atoms. The van der Waals surface area contributed by atoms with Crippen LogP contribution in [0.15, 0.2) is 27.5 Å². The summed E-state index contributed by atoms with van der Waals surface area (Å²) in [5.74, 6) is 0.1000. The van der Waals surface area contributed by atoms with Crippen LogP contribution in [0.2, 0.25) is 10.0 Å². The molecule has 144 valence electrons. The summed E-state index contributed by atoms with van der Waals surface area (Å²) in [6.45, 7) is 3.95. The molecule has 2 rings (SSSR count). The fraction of sp³-hybridized carbons (Fsp3) is 0.533. The second kappa shape index (κ2) is 7.70. The molecule has 1 atom stereocenters. The van der Waals surface area contributed by atoms with E-state index in [-0.39, 0.29) is 21.6 Å². The summed E-state index contributed by atoms with van der Waals surface area (Å²) in [5.41, 5.74) is -1.91. The van der Waals surface area contributed by atoms with Crippen molar-refractivity contribution in [3.05, 3.63) is 27.7 Å². The van der Waals surface area contributed by atoms with Gasteiger partial charge in [0.15, 0.2) is 5.84 Å². The van der Waals surface area contributed by atoms with E-state index in [4.69, 9.17) is 51.2 Å². The maximum atomic E-state index is 12.8. The number of amidine groups is 1. The first-order chi connectivity index (χ1) is 11.9. The summed E-state index contributed by atoms with van der Waals surface area (Å²) in [5, 5.41) is 11.1. The summed E-state index contributed by atoms with van der Waals surface area (Å²) in [4.78, 5) is 5.12. The molecule has 1 saturated carbocycles. The number of rotatable bonds is 5. The topological polar surface area (TPSA) is 46.3 Å². The number of hydrogen-bond donors (Lipinski definition) is 0. The minimum atomic E-state index is -4.58.